The summed E-state index contributed by atoms with van der Waals surface area (Å²) in [7, 11) is -3.26. The van der Waals surface area contributed by atoms with E-state index in [1.165, 1.54) is 4.31 Å². The fourth-order valence-corrected chi connectivity index (χ4v) is 4.58. The molecule has 0 aromatic heterocycles. The molecule has 1 aliphatic rings. The molecule has 0 atom stereocenters. The zero-order valence-electron chi connectivity index (χ0n) is 15.9. The first-order chi connectivity index (χ1) is 13.3. The second-order valence-corrected chi connectivity index (χ2v) is 8.88. The fourth-order valence-electron chi connectivity index (χ4n) is 3.02. The van der Waals surface area contributed by atoms with E-state index < -0.39 is 21.8 Å². The summed E-state index contributed by atoms with van der Waals surface area (Å²) in [4.78, 5) is 24.2. The van der Waals surface area contributed by atoms with Crippen LogP contribution in [0, 0.1) is 13.8 Å². The predicted molar refractivity (Wildman–Crippen MR) is 109 cm³/mol. The third kappa shape index (κ3) is 4.51. The second kappa shape index (κ2) is 8.02. The number of hydrogen-bond acceptors (Lipinski definition) is 4. The lowest BCUT2D eigenvalue weighted by Gasteiger charge is -2.18. The third-order valence-corrected chi connectivity index (χ3v) is 6.49. The molecular formula is C20H23N3O4S. The average Bonchev–Trinajstić information content (AvgIpc) is 3.01. The Kier molecular flexibility index (Phi) is 5.69. The molecule has 1 heterocycles. The van der Waals surface area contributed by atoms with Crippen molar-refractivity contribution in [1.82, 2.24) is 5.32 Å². The van der Waals surface area contributed by atoms with Gasteiger partial charge in [-0.2, -0.15) is 0 Å². The lowest BCUT2D eigenvalue weighted by molar-refractivity contribution is -0.136. The summed E-state index contributed by atoms with van der Waals surface area (Å²) in [6.45, 7) is 4.45. The van der Waals surface area contributed by atoms with Crippen LogP contribution >= 0.6 is 0 Å². The zero-order valence-corrected chi connectivity index (χ0v) is 16.7. The van der Waals surface area contributed by atoms with E-state index in [0.717, 1.165) is 11.1 Å². The molecule has 1 fully saturated rings. The highest BCUT2D eigenvalue weighted by Crippen LogP contribution is 2.27. The molecule has 0 unspecified atom stereocenters. The largest absolute Gasteiger partial charge is 0.344 e. The van der Waals surface area contributed by atoms with E-state index in [1.807, 2.05) is 31.2 Å². The van der Waals surface area contributed by atoms with Crippen molar-refractivity contribution in [3.8, 4) is 0 Å². The molecule has 2 aromatic rings. The highest BCUT2D eigenvalue weighted by atomic mass is 32.2. The average molecular weight is 401 g/mol. The Morgan fingerprint density at radius 1 is 1.04 bits per heavy atom. The number of carbonyl (C=O) groups is 2. The van der Waals surface area contributed by atoms with Crippen molar-refractivity contribution in [2.24, 2.45) is 0 Å². The van der Waals surface area contributed by atoms with Gasteiger partial charge in [-0.25, -0.2) is 8.42 Å². The van der Waals surface area contributed by atoms with Crippen LogP contribution in [0.1, 0.15) is 23.1 Å². The minimum absolute atomic E-state index is 0.145. The van der Waals surface area contributed by atoms with Gasteiger partial charge in [-0.1, -0.05) is 29.8 Å². The number of amides is 2. The van der Waals surface area contributed by atoms with Crippen LogP contribution in [0.4, 0.5) is 11.4 Å². The lowest BCUT2D eigenvalue weighted by Crippen LogP contribution is -2.35. The highest BCUT2D eigenvalue weighted by molar-refractivity contribution is 7.93. The number of rotatable bonds is 4. The van der Waals surface area contributed by atoms with Crippen molar-refractivity contribution in [1.29, 1.82) is 0 Å². The maximum absolute atomic E-state index is 12.2. The van der Waals surface area contributed by atoms with Gasteiger partial charge in [0.05, 0.1) is 11.4 Å². The van der Waals surface area contributed by atoms with Crippen LogP contribution < -0.4 is 14.9 Å². The molecule has 1 saturated heterocycles. The van der Waals surface area contributed by atoms with Crippen LogP contribution in [0.5, 0.6) is 0 Å². The SMILES string of the molecule is Cc1ccc(CNC(=O)C(=O)Nc2ccc(N3CCCS3(=O)=O)cc2C)cc1. The molecule has 28 heavy (non-hydrogen) atoms. The van der Waals surface area contributed by atoms with Crippen LogP contribution in [-0.2, 0) is 26.2 Å². The van der Waals surface area contributed by atoms with E-state index in [1.54, 1.807) is 25.1 Å². The van der Waals surface area contributed by atoms with Gasteiger partial charge in [-0.3, -0.25) is 13.9 Å². The van der Waals surface area contributed by atoms with Crippen molar-refractivity contribution in [3.05, 3.63) is 59.2 Å². The van der Waals surface area contributed by atoms with Gasteiger partial charge >= 0.3 is 11.8 Å². The maximum Gasteiger partial charge on any atom is 0.313 e. The minimum Gasteiger partial charge on any atom is -0.344 e. The number of anilines is 2. The van der Waals surface area contributed by atoms with Crippen LogP contribution in [0.15, 0.2) is 42.5 Å². The van der Waals surface area contributed by atoms with Gasteiger partial charge in [0.15, 0.2) is 0 Å². The number of nitrogens with one attached hydrogen (secondary N) is 2. The van der Waals surface area contributed by atoms with E-state index in [4.69, 9.17) is 0 Å². The molecule has 1 aliphatic heterocycles. The molecule has 148 valence electrons. The Bertz CT molecular complexity index is 1000. The first-order valence-corrected chi connectivity index (χ1v) is 10.6. The summed E-state index contributed by atoms with van der Waals surface area (Å²) in [6, 6.07) is 12.6. The van der Waals surface area contributed by atoms with Crippen molar-refractivity contribution < 1.29 is 18.0 Å². The molecule has 2 aromatic carbocycles. The van der Waals surface area contributed by atoms with E-state index in [0.29, 0.717) is 29.9 Å². The molecule has 7 nitrogen and oxygen atoms in total. The molecule has 2 N–H and O–H groups in total. The Hall–Kier alpha value is -2.87. The third-order valence-electron chi connectivity index (χ3n) is 4.63. The van der Waals surface area contributed by atoms with E-state index in [9.17, 15) is 18.0 Å². The first-order valence-electron chi connectivity index (χ1n) is 9.02. The van der Waals surface area contributed by atoms with Crippen molar-refractivity contribution in [3.63, 3.8) is 0 Å². The van der Waals surface area contributed by atoms with Crippen molar-refractivity contribution >= 4 is 33.2 Å². The summed E-state index contributed by atoms with van der Waals surface area (Å²) in [5.41, 5.74) is 3.74. The number of nitrogens with zero attached hydrogens (tertiary/aromatic N) is 1. The smallest absolute Gasteiger partial charge is 0.313 e. The van der Waals surface area contributed by atoms with E-state index >= 15 is 0 Å². The summed E-state index contributed by atoms with van der Waals surface area (Å²) in [6.07, 6.45) is 0.598. The van der Waals surface area contributed by atoms with E-state index in [2.05, 4.69) is 10.6 Å². The van der Waals surface area contributed by atoms with Gasteiger partial charge in [-0.15, -0.1) is 0 Å². The van der Waals surface area contributed by atoms with Gasteiger partial charge < -0.3 is 10.6 Å². The zero-order chi connectivity index (χ0) is 20.3. The molecule has 3 rings (SSSR count). The highest BCUT2D eigenvalue weighted by Gasteiger charge is 2.28. The van der Waals surface area contributed by atoms with E-state index in [-0.39, 0.29) is 12.3 Å². The molecule has 0 saturated carbocycles. The summed E-state index contributed by atoms with van der Waals surface area (Å²) in [5, 5.41) is 5.16. The molecule has 0 spiro atoms. The van der Waals surface area contributed by atoms with Gasteiger partial charge in [-0.05, 0) is 49.6 Å². The lowest BCUT2D eigenvalue weighted by atomic mass is 10.1. The van der Waals surface area contributed by atoms with Gasteiger partial charge in [0.2, 0.25) is 10.0 Å². The molecule has 2 amide bonds. The Morgan fingerprint density at radius 2 is 1.75 bits per heavy atom. The number of hydrogen-bond donors (Lipinski definition) is 2. The second-order valence-electron chi connectivity index (χ2n) is 6.86. The minimum atomic E-state index is -3.26. The number of carbonyl (C=O) groups excluding carboxylic acids is 2. The van der Waals surface area contributed by atoms with Crippen molar-refractivity contribution in [2.45, 2.75) is 26.8 Å². The van der Waals surface area contributed by atoms with Gasteiger partial charge in [0.25, 0.3) is 0 Å². The monoisotopic (exact) mass is 401 g/mol. The number of benzene rings is 2. The normalized spacial score (nSPS) is 15.3. The van der Waals surface area contributed by atoms with Crippen LogP contribution in [0.2, 0.25) is 0 Å². The predicted octanol–water partition coefficient (Wildman–Crippen LogP) is 2.10. The Morgan fingerprint density at radius 3 is 2.36 bits per heavy atom. The van der Waals surface area contributed by atoms with Gasteiger partial charge in [0.1, 0.15) is 0 Å². The van der Waals surface area contributed by atoms with Crippen LogP contribution in [-0.4, -0.2) is 32.5 Å². The topological polar surface area (TPSA) is 95.6 Å². The summed E-state index contributed by atoms with van der Waals surface area (Å²) < 4.78 is 25.4. The Labute approximate surface area is 164 Å². The number of aryl methyl sites for hydroxylation is 2. The Balaban J connectivity index is 1.62. The van der Waals surface area contributed by atoms with Gasteiger partial charge in [0, 0.05) is 18.8 Å². The van der Waals surface area contributed by atoms with Crippen molar-refractivity contribution in [2.75, 3.05) is 21.9 Å². The number of sulfonamides is 1. The quantitative estimate of drug-likeness (QED) is 0.767. The summed E-state index contributed by atoms with van der Waals surface area (Å²) in [5.74, 6) is -1.35. The summed E-state index contributed by atoms with van der Waals surface area (Å²) >= 11 is 0. The fraction of sp³-hybridized carbons (Fsp3) is 0.300. The molecule has 0 aliphatic carbocycles. The molecular weight excluding hydrogens is 378 g/mol. The standard InChI is InChI=1S/C20H23N3O4S/c1-14-4-6-16(7-5-14)13-21-19(24)20(25)22-18-9-8-17(12-15(18)2)23-10-3-11-28(23,26)27/h4-9,12H,3,10-11,13H2,1-2H3,(H,21,24)(H,22,25). The molecule has 8 heteroatoms. The first kappa shape index (κ1) is 19.9. The maximum atomic E-state index is 12.2. The van der Waals surface area contributed by atoms with Crippen LogP contribution in [0.3, 0.4) is 0 Å². The molecule has 0 radical (unpaired) electrons. The van der Waals surface area contributed by atoms with Crippen LogP contribution in [0.25, 0.3) is 0 Å². The molecule has 0 bridgehead atoms.